The minimum Gasteiger partial charge on any atom is -0.496 e. The summed E-state index contributed by atoms with van der Waals surface area (Å²) in [5.41, 5.74) is 1.30. The molecule has 0 aliphatic heterocycles. The topological polar surface area (TPSA) is 18.5 Å². The van der Waals surface area contributed by atoms with Crippen molar-refractivity contribution in [3.8, 4) is 22.6 Å². The highest BCUT2D eigenvalue weighted by Gasteiger charge is 2.12. The summed E-state index contributed by atoms with van der Waals surface area (Å²) in [7, 11) is 2.91. The molecule has 94 valence electrons. The summed E-state index contributed by atoms with van der Waals surface area (Å²) >= 11 is 0. The van der Waals surface area contributed by atoms with E-state index in [-0.39, 0.29) is 0 Å². The van der Waals surface area contributed by atoms with E-state index in [9.17, 15) is 8.78 Å². The minimum absolute atomic E-state index is 0.375. The number of benzene rings is 2. The summed E-state index contributed by atoms with van der Waals surface area (Å²) < 4.78 is 36.5. The number of ether oxygens (including phenoxy) is 2. The van der Waals surface area contributed by atoms with Crippen molar-refractivity contribution in [2.45, 2.75) is 0 Å². The zero-order valence-corrected chi connectivity index (χ0v) is 10.0. The first kappa shape index (κ1) is 12.4. The normalized spacial score (nSPS) is 10.2. The summed E-state index contributed by atoms with van der Waals surface area (Å²) in [6, 6.07) is 8.34. The fourth-order valence-corrected chi connectivity index (χ4v) is 1.78. The molecule has 0 amide bonds. The van der Waals surface area contributed by atoms with Gasteiger partial charge in [-0.05, 0) is 24.3 Å². The van der Waals surface area contributed by atoms with Gasteiger partial charge in [0.05, 0.1) is 14.2 Å². The lowest BCUT2D eigenvalue weighted by Gasteiger charge is -2.12. The standard InChI is InChI=1S/C14H12F2O2/c1-17-13-7-9(15)3-5-11(13)12-6-4-10(16)8-14(12)18-2/h3-8H,1-2H3. The Morgan fingerprint density at radius 3 is 1.44 bits per heavy atom. The van der Waals surface area contributed by atoms with Gasteiger partial charge in [0.15, 0.2) is 0 Å². The molecule has 0 saturated heterocycles. The Morgan fingerprint density at radius 1 is 0.722 bits per heavy atom. The highest BCUT2D eigenvalue weighted by atomic mass is 19.1. The third-order valence-electron chi connectivity index (χ3n) is 2.62. The SMILES string of the molecule is COc1cc(F)ccc1-c1ccc(F)cc1OC. The number of hydrogen-bond acceptors (Lipinski definition) is 2. The van der Waals surface area contributed by atoms with Crippen LogP contribution in [0.4, 0.5) is 8.78 Å². The van der Waals surface area contributed by atoms with Gasteiger partial charge >= 0.3 is 0 Å². The molecule has 0 aliphatic rings. The predicted octanol–water partition coefficient (Wildman–Crippen LogP) is 3.65. The van der Waals surface area contributed by atoms with Crippen LogP contribution < -0.4 is 9.47 Å². The Kier molecular flexibility index (Phi) is 3.46. The van der Waals surface area contributed by atoms with E-state index in [0.717, 1.165) is 0 Å². The molecule has 0 aliphatic carbocycles. The summed E-state index contributed by atoms with van der Waals surface area (Å²) in [5, 5.41) is 0. The minimum atomic E-state index is -0.392. The largest absolute Gasteiger partial charge is 0.496 e. The second-order valence-electron chi connectivity index (χ2n) is 3.69. The number of halogens is 2. The van der Waals surface area contributed by atoms with Crippen LogP contribution in [0.2, 0.25) is 0 Å². The molecular formula is C14H12F2O2. The quantitative estimate of drug-likeness (QED) is 0.827. The van der Waals surface area contributed by atoms with Gasteiger partial charge in [-0.1, -0.05) is 0 Å². The van der Waals surface area contributed by atoms with Crippen LogP contribution in [-0.4, -0.2) is 14.2 Å². The van der Waals surface area contributed by atoms with Crippen molar-refractivity contribution in [1.82, 2.24) is 0 Å². The molecule has 0 spiro atoms. The molecule has 2 rings (SSSR count). The summed E-state index contributed by atoms with van der Waals surface area (Å²) in [6.45, 7) is 0. The highest BCUT2D eigenvalue weighted by Crippen LogP contribution is 2.36. The number of rotatable bonds is 3. The first-order valence-corrected chi connectivity index (χ1v) is 5.33. The van der Waals surface area contributed by atoms with E-state index < -0.39 is 11.6 Å². The lowest BCUT2D eigenvalue weighted by molar-refractivity contribution is 0.406. The van der Waals surface area contributed by atoms with Gasteiger partial charge in [-0.2, -0.15) is 0 Å². The molecule has 0 N–H and O–H groups in total. The molecular weight excluding hydrogens is 238 g/mol. The summed E-state index contributed by atoms with van der Waals surface area (Å²) in [5.74, 6) is -0.0341. The van der Waals surface area contributed by atoms with Crippen LogP contribution >= 0.6 is 0 Å². The van der Waals surface area contributed by atoms with Crippen molar-refractivity contribution in [2.24, 2.45) is 0 Å². The zero-order valence-electron chi connectivity index (χ0n) is 10.0. The molecule has 2 nitrogen and oxygen atoms in total. The second-order valence-corrected chi connectivity index (χ2v) is 3.69. The summed E-state index contributed by atoms with van der Waals surface area (Å²) in [6.07, 6.45) is 0. The van der Waals surface area contributed by atoms with E-state index in [1.807, 2.05) is 0 Å². The van der Waals surface area contributed by atoms with Gasteiger partial charge in [0.1, 0.15) is 23.1 Å². The fourth-order valence-electron chi connectivity index (χ4n) is 1.78. The molecule has 18 heavy (non-hydrogen) atoms. The first-order valence-electron chi connectivity index (χ1n) is 5.33. The van der Waals surface area contributed by atoms with Crippen molar-refractivity contribution < 1.29 is 18.3 Å². The van der Waals surface area contributed by atoms with E-state index in [0.29, 0.717) is 22.6 Å². The van der Waals surface area contributed by atoms with Crippen molar-refractivity contribution in [1.29, 1.82) is 0 Å². The average molecular weight is 250 g/mol. The maximum Gasteiger partial charge on any atom is 0.129 e. The molecule has 4 heteroatoms. The van der Waals surface area contributed by atoms with Gasteiger partial charge in [-0.25, -0.2) is 8.78 Å². The van der Waals surface area contributed by atoms with Gasteiger partial charge in [-0.3, -0.25) is 0 Å². The van der Waals surface area contributed by atoms with Gasteiger partial charge in [0.25, 0.3) is 0 Å². The lowest BCUT2D eigenvalue weighted by Crippen LogP contribution is -1.93. The van der Waals surface area contributed by atoms with Crippen molar-refractivity contribution in [2.75, 3.05) is 14.2 Å². The Labute approximate surface area is 104 Å². The van der Waals surface area contributed by atoms with Crippen LogP contribution in [0.1, 0.15) is 0 Å². The van der Waals surface area contributed by atoms with Gasteiger partial charge < -0.3 is 9.47 Å². The molecule has 2 aromatic rings. The smallest absolute Gasteiger partial charge is 0.129 e. The second kappa shape index (κ2) is 5.04. The van der Waals surface area contributed by atoms with Crippen molar-refractivity contribution in [3.05, 3.63) is 48.0 Å². The maximum absolute atomic E-state index is 13.1. The van der Waals surface area contributed by atoms with E-state index in [1.165, 1.54) is 38.5 Å². The molecule has 0 atom stereocenters. The van der Waals surface area contributed by atoms with Gasteiger partial charge in [0, 0.05) is 23.3 Å². The van der Waals surface area contributed by atoms with Crippen LogP contribution in [0, 0.1) is 11.6 Å². The molecule has 0 heterocycles. The first-order chi connectivity index (χ1) is 8.65. The molecule has 0 aromatic heterocycles. The molecule has 0 fully saturated rings. The highest BCUT2D eigenvalue weighted by molar-refractivity contribution is 5.75. The van der Waals surface area contributed by atoms with Crippen LogP contribution in [0.25, 0.3) is 11.1 Å². The van der Waals surface area contributed by atoms with Crippen LogP contribution in [0.5, 0.6) is 11.5 Å². The number of methoxy groups -OCH3 is 2. The maximum atomic E-state index is 13.1. The molecule has 0 radical (unpaired) electrons. The van der Waals surface area contributed by atoms with E-state index in [2.05, 4.69) is 0 Å². The third kappa shape index (κ3) is 2.27. The van der Waals surface area contributed by atoms with Gasteiger partial charge in [-0.15, -0.1) is 0 Å². The van der Waals surface area contributed by atoms with Crippen LogP contribution in [0.3, 0.4) is 0 Å². The van der Waals surface area contributed by atoms with E-state index >= 15 is 0 Å². The van der Waals surface area contributed by atoms with Crippen molar-refractivity contribution >= 4 is 0 Å². The predicted molar refractivity (Wildman–Crippen MR) is 64.9 cm³/mol. The van der Waals surface area contributed by atoms with Crippen LogP contribution in [0.15, 0.2) is 36.4 Å². The molecule has 2 aromatic carbocycles. The lowest BCUT2D eigenvalue weighted by atomic mass is 10.0. The fraction of sp³-hybridized carbons (Fsp3) is 0.143. The zero-order chi connectivity index (χ0) is 13.1. The Balaban J connectivity index is 2.61. The Hall–Kier alpha value is -2.10. The van der Waals surface area contributed by atoms with E-state index in [4.69, 9.17) is 9.47 Å². The van der Waals surface area contributed by atoms with Crippen molar-refractivity contribution in [3.63, 3.8) is 0 Å². The molecule has 0 unspecified atom stereocenters. The van der Waals surface area contributed by atoms with Gasteiger partial charge in [0.2, 0.25) is 0 Å². The monoisotopic (exact) mass is 250 g/mol. The summed E-state index contributed by atoms with van der Waals surface area (Å²) in [4.78, 5) is 0. The molecule has 0 bridgehead atoms. The Bertz CT molecular complexity index is 516. The third-order valence-corrected chi connectivity index (χ3v) is 2.62. The van der Waals surface area contributed by atoms with E-state index in [1.54, 1.807) is 12.1 Å². The van der Waals surface area contributed by atoms with Crippen LogP contribution in [-0.2, 0) is 0 Å². The Morgan fingerprint density at radius 2 is 1.11 bits per heavy atom. The average Bonchev–Trinajstić information content (AvgIpc) is 2.38. The number of hydrogen-bond donors (Lipinski definition) is 0. The molecule has 0 saturated carbocycles.